The number of carbonyl (C=O) groups excluding carboxylic acids is 1. The Morgan fingerprint density at radius 3 is 2.48 bits per heavy atom. The molecule has 1 aromatic carbocycles. The van der Waals surface area contributed by atoms with Crippen molar-refractivity contribution in [1.29, 1.82) is 0 Å². The van der Waals surface area contributed by atoms with E-state index in [2.05, 4.69) is 41.8 Å². The van der Waals surface area contributed by atoms with Crippen LogP contribution in [0.5, 0.6) is 0 Å². The molecular formula is C27H34Cl2N8O3. The number of aromatic nitrogens is 4. The van der Waals surface area contributed by atoms with Crippen molar-refractivity contribution in [3.05, 3.63) is 45.9 Å². The van der Waals surface area contributed by atoms with Crippen molar-refractivity contribution in [2.45, 2.75) is 51.2 Å². The number of hydrogen-bond acceptors (Lipinski definition) is 11. The first kappa shape index (κ1) is 28.5. The standard InChI is InChI=1S/C27H34Cl2N8O3/c1-4-19-15-36(25-23(29)31-21(24(30)32-25)26-34-33-16(2)40-26)13-14-37(19)20-9-11-35(12-10-20)22(27(38)39-3)17-5-7-18(28)8-6-17/h5-8,19-20,22H,4,9-15H2,1-3H3,(H2,30,32)/t19-,22-/m0/s1. The summed E-state index contributed by atoms with van der Waals surface area (Å²) in [6.45, 7) is 7.87. The van der Waals surface area contributed by atoms with E-state index in [1.807, 2.05) is 24.3 Å². The summed E-state index contributed by atoms with van der Waals surface area (Å²) in [7, 11) is 1.44. The molecule has 11 nitrogen and oxygen atoms in total. The van der Waals surface area contributed by atoms with Crippen LogP contribution < -0.4 is 10.6 Å². The summed E-state index contributed by atoms with van der Waals surface area (Å²) in [4.78, 5) is 28.7. The van der Waals surface area contributed by atoms with Crippen molar-refractivity contribution in [3.63, 3.8) is 0 Å². The fraction of sp³-hybridized carbons (Fsp3) is 0.519. The number of piperidine rings is 1. The average Bonchev–Trinajstić information content (AvgIpc) is 3.41. The zero-order valence-electron chi connectivity index (χ0n) is 22.9. The first-order chi connectivity index (χ1) is 19.3. The number of rotatable bonds is 7. The van der Waals surface area contributed by atoms with Crippen LogP contribution >= 0.6 is 23.2 Å². The number of hydrogen-bond donors (Lipinski definition) is 1. The van der Waals surface area contributed by atoms with E-state index < -0.39 is 6.04 Å². The second kappa shape index (κ2) is 12.3. The van der Waals surface area contributed by atoms with Crippen molar-refractivity contribution in [3.8, 4) is 11.6 Å². The molecule has 4 heterocycles. The van der Waals surface area contributed by atoms with Gasteiger partial charge >= 0.3 is 5.97 Å². The van der Waals surface area contributed by atoms with E-state index in [9.17, 15) is 4.79 Å². The molecule has 214 valence electrons. The molecule has 2 saturated heterocycles. The lowest BCUT2D eigenvalue weighted by Crippen LogP contribution is -2.59. The number of anilines is 2. The van der Waals surface area contributed by atoms with Gasteiger partial charge < -0.3 is 19.8 Å². The first-order valence-corrected chi connectivity index (χ1v) is 14.3. The third kappa shape index (κ3) is 5.88. The number of likely N-dealkylation sites (tertiary alicyclic amines) is 1. The lowest BCUT2D eigenvalue weighted by molar-refractivity contribution is -0.148. The predicted octanol–water partition coefficient (Wildman–Crippen LogP) is 4.00. The van der Waals surface area contributed by atoms with E-state index in [-0.39, 0.29) is 28.5 Å². The lowest BCUT2D eigenvalue weighted by atomic mass is 9.95. The summed E-state index contributed by atoms with van der Waals surface area (Å²) in [6.07, 6.45) is 2.90. The Morgan fingerprint density at radius 2 is 1.85 bits per heavy atom. The highest BCUT2D eigenvalue weighted by atomic mass is 35.5. The molecule has 2 aromatic heterocycles. The monoisotopic (exact) mass is 588 g/mol. The van der Waals surface area contributed by atoms with E-state index in [1.54, 1.807) is 6.92 Å². The summed E-state index contributed by atoms with van der Waals surface area (Å²) < 4.78 is 10.6. The molecule has 2 N–H and O–H groups in total. The molecule has 0 aliphatic carbocycles. The number of aryl methyl sites for hydroxylation is 1. The van der Waals surface area contributed by atoms with Crippen LogP contribution in [0.1, 0.15) is 43.7 Å². The summed E-state index contributed by atoms with van der Waals surface area (Å²) >= 11 is 12.7. The van der Waals surface area contributed by atoms with Crippen LogP contribution in [0.15, 0.2) is 28.7 Å². The second-order valence-electron chi connectivity index (χ2n) is 10.2. The SMILES string of the molecule is CC[C@H]1CN(c2nc(N)c(-c3nnc(C)o3)nc2Cl)CCN1C1CCN([C@H](C(=O)OC)c2ccc(Cl)cc2)CC1. The van der Waals surface area contributed by atoms with E-state index in [1.165, 1.54) is 7.11 Å². The van der Waals surface area contributed by atoms with Crippen LogP contribution in [0.2, 0.25) is 10.2 Å². The number of methoxy groups -OCH3 is 1. The van der Waals surface area contributed by atoms with E-state index in [0.29, 0.717) is 28.8 Å². The highest BCUT2D eigenvalue weighted by Crippen LogP contribution is 2.33. The largest absolute Gasteiger partial charge is 0.468 e. The first-order valence-electron chi connectivity index (χ1n) is 13.5. The smallest absolute Gasteiger partial charge is 0.327 e. The fourth-order valence-electron chi connectivity index (χ4n) is 5.80. The summed E-state index contributed by atoms with van der Waals surface area (Å²) in [6, 6.07) is 7.73. The van der Waals surface area contributed by atoms with Crippen LogP contribution in [0, 0.1) is 6.92 Å². The number of nitrogens with two attached hydrogens (primary N) is 1. The maximum absolute atomic E-state index is 12.7. The van der Waals surface area contributed by atoms with Gasteiger partial charge in [-0.05, 0) is 37.0 Å². The van der Waals surface area contributed by atoms with Crippen molar-refractivity contribution in [2.24, 2.45) is 0 Å². The van der Waals surface area contributed by atoms with Crippen LogP contribution in [-0.4, -0.2) is 87.9 Å². The van der Waals surface area contributed by atoms with Crippen molar-refractivity contribution >= 4 is 40.8 Å². The van der Waals surface area contributed by atoms with Gasteiger partial charge in [-0.3, -0.25) is 9.80 Å². The van der Waals surface area contributed by atoms with Gasteiger partial charge in [-0.2, -0.15) is 0 Å². The minimum absolute atomic E-state index is 0.198. The number of carbonyl (C=O) groups is 1. The molecule has 2 aliphatic heterocycles. The Hall–Kier alpha value is -2.99. The van der Waals surface area contributed by atoms with E-state index in [4.69, 9.17) is 38.1 Å². The van der Waals surface area contributed by atoms with Crippen LogP contribution in [0.3, 0.4) is 0 Å². The Labute approximate surface area is 243 Å². The quantitative estimate of drug-likeness (QED) is 0.402. The van der Waals surface area contributed by atoms with Crippen LogP contribution in [0.4, 0.5) is 11.6 Å². The normalized spacial score (nSPS) is 20.0. The molecule has 0 spiro atoms. The van der Waals surface area contributed by atoms with Gasteiger partial charge in [-0.1, -0.05) is 42.3 Å². The topological polar surface area (TPSA) is 127 Å². The third-order valence-electron chi connectivity index (χ3n) is 7.83. The molecule has 40 heavy (non-hydrogen) atoms. The number of nitrogen functional groups attached to an aromatic ring is 1. The zero-order chi connectivity index (χ0) is 28.4. The zero-order valence-corrected chi connectivity index (χ0v) is 24.4. The van der Waals surface area contributed by atoms with Crippen LogP contribution in [-0.2, 0) is 9.53 Å². The molecular weight excluding hydrogens is 555 g/mol. The summed E-state index contributed by atoms with van der Waals surface area (Å²) in [5, 5.41) is 8.72. The van der Waals surface area contributed by atoms with Gasteiger partial charge in [0.25, 0.3) is 5.89 Å². The summed E-state index contributed by atoms with van der Waals surface area (Å²) in [5.41, 5.74) is 7.41. The number of ether oxygens (including phenoxy) is 1. The minimum atomic E-state index is -0.438. The Balaban J connectivity index is 1.25. The fourth-order valence-corrected chi connectivity index (χ4v) is 6.18. The number of halogens is 2. The molecule has 0 unspecified atom stereocenters. The maximum Gasteiger partial charge on any atom is 0.327 e. The molecule has 0 amide bonds. The Bertz CT molecular complexity index is 1330. The number of benzene rings is 1. The van der Waals surface area contributed by atoms with Gasteiger partial charge in [-0.25, -0.2) is 14.8 Å². The molecule has 5 rings (SSSR count). The maximum atomic E-state index is 12.7. The van der Waals surface area contributed by atoms with Crippen molar-refractivity contribution < 1.29 is 13.9 Å². The minimum Gasteiger partial charge on any atom is -0.468 e. The molecule has 0 bridgehead atoms. The van der Waals surface area contributed by atoms with Gasteiger partial charge in [0.2, 0.25) is 5.89 Å². The molecule has 0 radical (unpaired) electrons. The number of piperazine rings is 1. The van der Waals surface area contributed by atoms with Crippen LogP contribution in [0.25, 0.3) is 11.6 Å². The predicted molar refractivity (Wildman–Crippen MR) is 153 cm³/mol. The Morgan fingerprint density at radius 1 is 1.12 bits per heavy atom. The van der Waals surface area contributed by atoms with Gasteiger partial charge in [-0.15, -0.1) is 10.2 Å². The third-order valence-corrected chi connectivity index (χ3v) is 8.34. The van der Waals surface area contributed by atoms with Crippen molar-refractivity contribution in [1.82, 2.24) is 30.0 Å². The van der Waals surface area contributed by atoms with Crippen molar-refractivity contribution in [2.75, 3.05) is 50.5 Å². The molecule has 2 atom stereocenters. The van der Waals surface area contributed by atoms with Gasteiger partial charge in [0.1, 0.15) is 6.04 Å². The molecule has 13 heteroatoms. The average molecular weight is 590 g/mol. The van der Waals surface area contributed by atoms with Gasteiger partial charge in [0.05, 0.1) is 7.11 Å². The lowest BCUT2D eigenvalue weighted by Gasteiger charge is -2.48. The highest BCUT2D eigenvalue weighted by molar-refractivity contribution is 6.32. The van der Waals surface area contributed by atoms with E-state index >= 15 is 0 Å². The molecule has 2 aliphatic rings. The molecule has 0 saturated carbocycles. The van der Waals surface area contributed by atoms with Gasteiger partial charge in [0.15, 0.2) is 22.5 Å². The molecule has 2 fully saturated rings. The van der Waals surface area contributed by atoms with E-state index in [0.717, 1.165) is 57.5 Å². The molecule has 3 aromatic rings. The number of esters is 1. The Kier molecular flexibility index (Phi) is 8.74. The highest BCUT2D eigenvalue weighted by Gasteiger charge is 2.37. The number of nitrogens with zero attached hydrogens (tertiary/aromatic N) is 7. The van der Waals surface area contributed by atoms with Gasteiger partial charge in [0, 0.05) is 56.8 Å². The summed E-state index contributed by atoms with van der Waals surface area (Å²) in [5.74, 6) is 1.13. The second-order valence-corrected chi connectivity index (χ2v) is 11.0.